The van der Waals surface area contributed by atoms with E-state index in [1.54, 1.807) is 18.3 Å². The molecule has 3 heteroatoms. The van der Waals surface area contributed by atoms with Crippen molar-refractivity contribution in [3.63, 3.8) is 0 Å². The van der Waals surface area contributed by atoms with Crippen molar-refractivity contribution >= 4 is 16.6 Å². The second-order valence-corrected chi connectivity index (χ2v) is 4.03. The molecule has 0 aliphatic carbocycles. The molecule has 3 aromatic rings. The highest BCUT2D eigenvalue weighted by molar-refractivity contribution is 5.83. The Morgan fingerprint density at radius 3 is 2.44 bits per heavy atom. The lowest BCUT2D eigenvalue weighted by atomic mass is 10.1. The van der Waals surface area contributed by atoms with Gasteiger partial charge in [0, 0.05) is 12.3 Å². The lowest BCUT2D eigenvalue weighted by Gasteiger charge is -2.07. The predicted octanol–water partition coefficient (Wildman–Crippen LogP) is 3.61. The Hall–Kier alpha value is -2.55. The van der Waals surface area contributed by atoms with Crippen LogP contribution in [0.25, 0.3) is 10.8 Å². The first-order chi connectivity index (χ1) is 8.81. The Morgan fingerprint density at radius 2 is 1.61 bits per heavy atom. The van der Waals surface area contributed by atoms with E-state index >= 15 is 0 Å². The third-order valence-corrected chi connectivity index (χ3v) is 2.71. The highest BCUT2D eigenvalue weighted by Crippen LogP contribution is 2.25. The number of hydrogen-bond donors (Lipinski definition) is 1. The van der Waals surface area contributed by atoms with Crippen LogP contribution in [0.15, 0.2) is 60.8 Å². The third kappa shape index (κ3) is 2.11. The van der Waals surface area contributed by atoms with Gasteiger partial charge in [0.2, 0.25) is 0 Å². The summed E-state index contributed by atoms with van der Waals surface area (Å²) in [6.07, 6.45) is 1.63. The largest absolute Gasteiger partial charge is 0.457 e. The first-order valence-electron chi connectivity index (χ1n) is 5.69. The summed E-state index contributed by atoms with van der Waals surface area (Å²) in [5, 5.41) is 2.34. The first-order valence-corrected chi connectivity index (χ1v) is 5.69. The molecule has 0 unspecified atom stereocenters. The lowest BCUT2D eigenvalue weighted by Crippen LogP contribution is -1.90. The van der Waals surface area contributed by atoms with Gasteiger partial charge >= 0.3 is 0 Å². The molecule has 88 valence electrons. The van der Waals surface area contributed by atoms with Crippen molar-refractivity contribution in [3.05, 3.63) is 60.8 Å². The zero-order valence-corrected chi connectivity index (χ0v) is 9.71. The standard InChI is InChI=1S/C15H12N2O/c16-15-10-14(7-8-17-15)18-13-6-5-11-3-1-2-4-12(11)9-13/h1-10H,(H2,16,17). The SMILES string of the molecule is Nc1cc(Oc2ccc3ccccc3c2)ccn1. The molecule has 0 atom stereocenters. The van der Waals surface area contributed by atoms with Crippen molar-refractivity contribution in [2.24, 2.45) is 0 Å². The molecule has 18 heavy (non-hydrogen) atoms. The fourth-order valence-corrected chi connectivity index (χ4v) is 1.86. The molecule has 0 bridgehead atoms. The number of nitrogens with zero attached hydrogens (tertiary/aromatic N) is 1. The minimum absolute atomic E-state index is 0.452. The Morgan fingerprint density at radius 1 is 0.833 bits per heavy atom. The van der Waals surface area contributed by atoms with E-state index in [1.165, 1.54) is 5.39 Å². The average Bonchev–Trinajstić information content (AvgIpc) is 2.39. The minimum atomic E-state index is 0.452. The fraction of sp³-hybridized carbons (Fsp3) is 0. The summed E-state index contributed by atoms with van der Waals surface area (Å²) < 4.78 is 5.75. The van der Waals surface area contributed by atoms with E-state index in [4.69, 9.17) is 10.5 Å². The van der Waals surface area contributed by atoms with E-state index in [9.17, 15) is 0 Å². The molecule has 2 aromatic carbocycles. The minimum Gasteiger partial charge on any atom is -0.457 e. The Bertz CT molecular complexity index is 695. The van der Waals surface area contributed by atoms with Gasteiger partial charge in [0.1, 0.15) is 17.3 Å². The molecule has 0 amide bonds. The van der Waals surface area contributed by atoms with Crippen LogP contribution >= 0.6 is 0 Å². The van der Waals surface area contributed by atoms with Crippen LogP contribution in [0.2, 0.25) is 0 Å². The highest BCUT2D eigenvalue weighted by Gasteiger charge is 2.00. The Kier molecular flexibility index (Phi) is 2.57. The maximum Gasteiger partial charge on any atom is 0.132 e. The molecule has 0 aliphatic rings. The van der Waals surface area contributed by atoms with Gasteiger partial charge in [-0.25, -0.2) is 4.98 Å². The zero-order valence-electron chi connectivity index (χ0n) is 9.71. The second kappa shape index (κ2) is 4.37. The van der Waals surface area contributed by atoms with Crippen molar-refractivity contribution in [3.8, 4) is 11.5 Å². The fourth-order valence-electron chi connectivity index (χ4n) is 1.86. The molecule has 0 saturated heterocycles. The molecule has 1 heterocycles. The van der Waals surface area contributed by atoms with Crippen LogP contribution in [0.5, 0.6) is 11.5 Å². The van der Waals surface area contributed by atoms with Gasteiger partial charge in [0.25, 0.3) is 0 Å². The van der Waals surface area contributed by atoms with Crippen LogP contribution in [0.4, 0.5) is 5.82 Å². The molecule has 0 aliphatic heterocycles. The Balaban J connectivity index is 1.95. The summed E-state index contributed by atoms with van der Waals surface area (Å²) in [7, 11) is 0. The molecule has 0 saturated carbocycles. The maximum atomic E-state index is 5.75. The number of rotatable bonds is 2. The van der Waals surface area contributed by atoms with Crippen LogP contribution in [-0.2, 0) is 0 Å². The summed E-state index contributed by atoms with van der Waals surface area (Å²) in [6.45, 7) is 0. The summed E-state index contributed by atoms with van der Waals surface area (Å²) in [5.41, 5.74) is 5.61. The summed E-state index contributed by atoms with van der Waals surface area (Å²) in [5.74, 6) is 1.94. The number of ether oxygens (including phenoxy) is 1. The van der Waals surface area contributed by atoms with E-state index in [-0.39, 0.29) is 0 Å². The molecular formula is C15H12N2O. The molecule has 2 N–H and O–H groups in total. The summed E-state index contributed by atoms with van der Waals surface area (Å²) in [4.78, 5) is 3.93. The highest BCUT2D eigenvalue weighted by atomic mass is 16.5. The van der Waals surface area contributed by atoms with Gasteiger partial charge in [0.15, 0.2) is 0 Å². The van der Waals surface area contributed by atoms with E-state index < -0.39 is 0 Å². The van der Waals surface area contributed by atoms with Crippen molar-refractivity contribution in [1.29, 1.82) is 0 Å². The van der Waals surface area contributed by atoms with Gasteiger partial charge < -0.3 is 10.5 Å². The van der Waals surface area contributed by atoms with Crippen LogP contribution in [0, 0.1) is 0 Å². The van der Waals surface area contributed by atoms with Crippen molar-refractivity contribution < 1.29 is 4.74 Å². The quantitative estimate of drug-likeness (QED) is 0.739. The van der Waals surface area contributed by atoms with Gasteiger partial charge in [-0.3, -0.25) is 0 Å². The molecule has 0 fully saturated rings. The first kappa shape index (κ1) is 10.6. The van der Waals surface area contributed by atoms with E-state index in [0.717, 1.165) is 11.1 Å². The Labute approximate surface area is 105 Å². The molecule has 0 spiro atoms. The van der Waals surface area contributed by atoms with Crippen LogP contribution < -0.4 is 10.5 Å². The van der Waals surface area contributed by atoms with Gasteiger partial charge in [-0.2, -0.15) is 0 Å². The van der Waals surface area contributed by atoms with E-state index in [0.29, 0.717) is 11.6 Å². The molecule has 1 aromatic heterocycles. The maximum absolute atomic E-state index is 5.75. The average molecular weight is 236 g/mol. The van der Waals surface area contributed by atoms with E-state index in [1.807, 2.05) is 30.3 Å². The number of anilines is 1. The number of fused-ring (bicyclic) bond motifs is 1. The number of nitrogens with two attached hydrogens (primary N) is 1. The summed E-state index contributed by atoms with van der Waals surface area (Å²) >= 11 is 0. The molecule has 3 nitrogen and oxygen atoms in total. The monoisotopic (exact) mass is 236 g/mol. The van der Waals surface area contributed by atoms with Crippen molar-refractivity contribution in [2.45, 2.75) is 0 Å². The zero-order chi connectivity index (χ0) is 12.4. The number of hydrogen-bond acceptors (Lipinski definition) is 3. The van der Waals surface area contributed by atoms with E-state index in [2.05, 4.69) is 17.1 Å². The third-order valence-electron chi connectivity index (χ3n) is 2.71. The van der Waals surface area contributed by atoms with Crippen molar-refractivity contribution in [1.82, 2.24) is 4.98 Å². The summed E-state index contributed by atoms with van der Waals surface area (Å²) in [6, 6.07) is 17.6. The van der Waals surface area contributed by atoms with Crippen LogP contribution in [-0.4, -0.2) is 4.98 Å². The predicted molar refractivity (Wildman–Crippen MR) is 72.7 cm³/mol. The number of pyridine rings is 1. The number of benzene rings is 2. The van der Waals surface area contributed by atoms with Gasteiger partial charge in [-0.15, -0.1) is 0 Å². The topological polar surface area (TPSA) is 48.1 Å². The lowest BCUT2D eigenvalue weighted by molar-refractivity contribution is 0.483. The van der Waals surface area contributed by atoms with Gasteiger partial charge in [0.05, 0.1) is 0 Å². The smallest absolute Gasteiger partial charge is 0.132 e. The number of aromatic nitrogens is 1. The number of nitrogen functional groups attached to an aromatic ring is 1. The van der Waals surface area contributed by atoms with Crippen LogP contribution in [0.1, 0.15) is 0 Å². The van der Waals surface area contributed by atoms with Crippen molar-refractivity contribution in [2.75, 3.05) is 5.73 Å². The molecular weight excluding hydrogens is 224 g/mol. The molecule has 0 radical (unpaired) electrons. The second-order valence-electron chi connectivity index (χ2n) is 4.03. The molecule has 3 rings (SSSR count). The normalized spacial score (nSPS) is 10.4. The van der Waals surface area contributed by atoms with Gasteiger partial charge in [-0.05, 0) is 29.0 Å². The van der Waals surface area contributed by atoms with Crippen LogP contribution in [0.3, 0.4) is 0 Å². The van der Waals surface area contributed by atoms with Gasteiger partial charge in [-0.1, -0.05) is 30.3 Å².